The van der Waals surface area contributed by atoms with Crippen molar-refractivity contribution in [1.82, 2.24) is 15.0 Å². The van der Waals surface area contributed by atoms with Gasteiger partial charge in [-0.2, -0.15) is 4.98 Å². The zero-order valence-corrected chi connectivity index (χ0v) is 15.3. The van der Waals surface area contributed by atoms with Crippen molar-refractivity contribution in [3.63, 3.8) is 0 Å². The summed E-state index contributed by atoms with van der Waals surface area (Å²) in [5.74, 6) is 1.01. The first-order valence-corrected chi connectivity index (χ1v) is 8.77. The predicted octanol–water partition coefficient (Wildman–Crippen LogP) is 4.38. The summed E-state index contributed by atoms with van der Waals surface area (Å²) in [6.45, 7) is 0.656. The molecule has 3 rings (SSSR count). The third kappa shape index (κ3) is 4.82. The first-order chi connectivity index (χ1) is 12.7. The molecule has 3 N–H and O–H groups in total. The molecular weight excluding hydrogens is 373 g/mol. The standard InChI is InChI=1S/C18H17Cl2N5O/c19-13-4-5-14(20)16(9-13)23-17-10-15(12-3-1-6-21-11-12)24-18(25-17)22-7-2-8-26/h1,3-6,9-11,26H,2,7-8H2,(H2,22,23,24,25). The van der Waals surface area contributed by atoms with E-state index in [1.165, 1.54) is 0 Å². The van der Waals surface area contributed by atoms with E-state index in [0.29, 0.717) is 46.2 Å². The molecule has 0 radical (unpaired) electrons. The SMILES string of the molecule is OCCCNc1nc(Nc2cc(Cl)ccc2Cl)cc(-c2cccnc2)n1. The van der Waals surface area contributed by atoms with Gasteiger partial charge in [0.05, 0.1) is 16.4 Å². The van der Waals surface area contributed by atoms with Crippen LogP contribution in [0.15, 0.2) is 48.8 Å². The lowest BCUT2D eigenvalue weighted by Crippen LogP contribution is -2.08. The Morgan fingerprint density at radius 3 is 2.73 bits per heavy atom. The molecule has 1 aromatic carbocycles. The zero-order chi connectivity index (χ0) is 18.4. The van der Waals surface area contributed by atoms with E-state index >= 15 is 0 Å². The molecule has 0 fully saturated rings. The number of pyridine rings is 1. The summed E-state index contributed by atoms with van der Waals surface area (Å²) < 4.78 is 0. The molecule has 0 bridgehead atoms. The minimum atomic E-state index is 0.0958. The van der Waals surface area contributed by atoms with Gasteiger partial charge < -0.3 is 15.7 Å². The molecule has 0 saturated heterocycles. The van der Waals surface area contributed by atoms with Crippen molar-refractivity contribution in [2.24, 2.45) is 0 Å². The van der Waals surface area contributed by atoms with E-state index in [1.807, 2.05) is 18.2 Å². The number of benzene rings is 1. The van der Waals surface area contributed by atoms with Crippen LogP contribution in [0, 0.1) is 0 Å². The van der Waals surface area contributed by atoms with Crippen LogP contribution in [0.4, 0.5) is 17.5 Å². The van der Waals surface area contributed by atoms with E-state index in [9.17, 15) is 0 Å². The van der Waals surface area contributed by atoms with E-state index in [0.717, 1.165) is 5.56 Å². The average molecular weight is 390 g/mol. The van der Waals surface area contributed by atoms with Gasteiger partial charge in [0.25, 0.3) is 0 Å². The van der Waals surface area contributed by atoms with E-state index in [2.05, 4.69) is 25.6 Å². The van der Waals surface area contributed by atoms with Gasteiger partial charge in [-0.1, -0.05) is 23.2 Å². The van der Waals surface area contributed by atoms with E-state index in [-0.39, 0.29) is 6.61 Å². The first-order valence-electron chi connectivity index (χ1n) is 8.02. The average Bonchev–Trinajstić information content (AvgIpc) is 2.65. The third-order valence-electron chi connectivity index (χ3n) is 3.49. The van der Waals surface area contributed by atoms with Gasteiger partial charge in [-0.25, -0.2) is 4.98 Å². The minimum Gasteiger partial charge on any atom is -0.396 e. The highest BCUT2D eigenvalue weighted by molar-refractivity contribution is 6.35. The maximum Gasteiger partial charge on any atom is 0.225 e. The number of hydrogen-bond donors (Lipinski definition) is 3. The van der Waals surface area contributed by atoms with Crippen LogP contribution in [-0.4, -0.2) is 33.2 Å². The van der Waals surface area contributed by atoms with Gasteiger partial charge in [0.2, 0.25) is 5.95 Å². The first kappa shape index (κ1) is 18.4. The van der Waals surface area contributed by atoms with Crippen LogP contribution in [0.5, 0.6) is 0 Å². The van der Waals surface area contributed by atoms with Gasteiger partial charge in [-0.05, 0) is 36.8 Å². The molecular formula is C18H17Cl2N5O. The zero-order valence-electron chi connectivity index (χ0n) is 13.8. The van der Waals surface area contributed by atoms with Crippen LogP contribution in [0.3, 0.4) is 0 Å². The number of halogens is 2. The maximum absolute atomic E-state index is 8.95. The molecule has 0 saturated carbocycles. The highest BCUT2D eigenvalue weighted by Crippen LogP contribution is 2.29. The number of aromatic nitrogens is 3. The van der Waals surface area contributed by atoms with Crippen molar-refractivity contribution in [3.8, 4) is 11.3 Å². The Hall–Kier alpha value is -2.41. The second-order valence-corrected chi connectivity index (χ2v) is 6.30. The van der Waals surface area contributed by atoms with Crippen molar-refractivity contribution >= 4 is 40.7 Å². The summed E-state index contributed by atoms with van der Waals surface area (Å²) in [6, 6.07) is 10.7. The lowest BCUT2D eigenvalue weighted by Gasteiger charge is -2.12. The fourth-order valence-electron chi connectivity index (χ4n) is 2.26. The molecule has 0 atom stereocenters. The number of aliphatic hydroxyl groups excluding tert-OH is 1. The monoisotopic (exact) mass is 389 g/mol. The summed E-state index contributed by atoms with van der Waals surface area (Å²) in [6.07, 6.45) is 4.04. The van der Waals surface area contributed by atoms with E-state index in [1.54, 1.807) is 30.6 Å². The van der Waals surface area contributed by atoms with Crippen molar-refractivity contribution in [3.05, 3.63) is 58.8 Å². The predicted molar refractivity (Wildman–Crippen MR) is 105 cm³/mol. The molecule has 26 heavy (non-hydrogen) atoms. The fraction of sp³-hybridized carbons (Fsp3) is 0.167. The highest BCUT2D eigenvalue weighted by atomic mass is 35.5. The topological polar surface area (TPSA) is 83.0 Å². The van der Waals surface area contributed by atoms with Gasteiger partial charge in [0.15, 0.2) is 0 Å². The maximum atomic E-state index is 8.95. The van der Waals surface area contributed by atoms with Gasteiger partial charge >= 0.3 is 0 Å². The third-order valence-corrected chi connectivity index (χ3v) is 4.06. The summed E-state index contributed by atoms with van der Waals surface area (Å²) in [5.41, 5.74) is 2.22. The molecule has 0 aliphatic rings. The number of aliphatic hydroxyl groups is 1. The van der Waals surface area contributed by atoms with Gasteiger partial charge in [-0.15, -0.1) is 0 Å². The van der Waals surface area contributed by atoms with E-state index < -0.39 is 0 Å². The summed E-state index contributed by atoms with van der Waals surface area (Å²) in [7, 11) is 0. The molecule has 134 valence electrons. The second kappa shape index (κ2) is 8.80. The number of rotatable bonds is 7. The molecule has 2 heterocycles. The van der Waals surface area contributed by atoms with Crippen molar-refractivity contribution in [2.75, 3.05) is 23.8 Å². The van der Waals surface area contributed by atoms with Gasteiger partial charge in [0, 0.05) is 42.2 Å². The second-order valence-electron chi connectivity index (χ2n) is 5.46. The summed E-state index contributed by atoms with van der Waals surface area (Å²) in [4.78, 5) is 13.1. The van der Waals surface area contributed by atoms with Crippen LogP contribution in [0.1, 0.15) is 6.42 Å². The number of anilines is 3. The molecule has 8 heteroatoms. The quantitative estimate of drug-likeness (QED) is 0.520. The fourth-order valence-corrected chi connectivity index (χ4v) is 2.60. The molecule has 0 amide bonds. The Morgan fingerprint density at radius 2 is 1.96 bits per heavy atom. The minimum absolute atomic E-state index is 0.0958. The van der Waals surface area contributed by atoms with Crippen molar-refractivity contribution in [1.29, 1.82) is 0 Å². The summed E-state index contributed by atoms with van der Waals surface area (Å²) >= 11 is 12.3. The Bertz CT molecular complexity index is 877. The van der Waals surface area contributed by atoms with Crippen LogP contribution in [0.25, 0.3) is 11.3 Å². The Kier molecular flexibility index (Phi) is 6.22. The molecule has 3 aromatic rings. The van der Waals surface area contributed by atoms with E-state index in [4.69, 9.17) is 28.3 Å². The van der Waals surface area contributed by atoms with Crippen LogP contribution >= 0.6 is 23.2 Å². The molecule has 6 nitrogen and oxygen atoms in total. The molecule has 0 spiro atoms. The van der Waals surface area contributed by atoms with Crippen molar-refractivity contribution < 1.29 is 5.11 Å². The lowest BCUT2D eigenvalue weighted by atomic mass is 10.2. The van der Waals surface area contributed by atoms with Crippen LogP contribution in [-0.2, 0) is 0 Å². The normalized spacial score (nSPS) is 10.6. The highest BCUT2D eigenvalue weighted by Gasteiger charge is 2.09. The van der Waals surface area contributed by atoms with Gasteiger partial charge in [0.1, 0.15) is 5.82 Å². The molecule has 0 unspecified atom stereocenters. The van der Waals surface area contributed by atoms with Gasteiger partial charge in [-0.3, -0.25) is 4.98 Å². The van der Waals surface area contributed by atoms with Crippen molar-refractivity contribution in [2.45, 2.75) is 6.42 Å². The Morgan fingerprint density at radius 1 is 1.08 bits per heavy atom. The largest absolute Gasteiger partial charge is 0.396 e. The smallest absolute Gasteiger partial charge is 0.225 e. The Labute approximate surface area is 161 Å². The van der Waals surface area contributed by atoms with Crippen LogP contribution in [0.2, 0.25) is 10.0 Å². The number of hydrogen-bond acceptors (Lipinski definition) is 6. The molecule has 2 aromatic heterocycles. The molecule has 0 aliphatic heterocycles. The summed E-state index contributed by atoms with van der Waals surface area (Å²) in [5, 5.41) is 16.3. The van der Waals surface area contributed by atoms with Crippen LogP contribution < -0.4 is 10.6 Å². The molecule has 0 aliphatic carbocycles. The Balaban J connectivity index is 1.95. The number of nitrogens with one attached hydrogen (secondary N) is 2. The lowest BCUT2D eigenvalue weighted by molar-refractivity contribution is 0.292. The number of nitrogens with zero attached hydrogens (tertiary/aromatic N) is 3.